The van der Waals surface area contributed by atoms with Gasteiger partial charge in [0.05, 0.1) is 6.61 Å². The summed E-state index contributed by atoms with van der Waals surface area (Å²) in [6.07, 6.45) is 2.36. The van der Waals surface area contributed by atoms with Crippen molar-refractivity contribution in [2.45, 2.75) is 19.3 Å². The van der Waals surface area contributed by atoms with E-state index in [0.29, 0.717) is 44.0 Å². The number of carbonyl (C=O) groups is 2. The predicted octanol–water partition coefficient (Wildman–Crippen LogP) is 2.03. The number of ether oxygens (including phenoxy) is 1. The van der Waals surface area contributed by atoms with Crippen LogP contribution in [0.3, 0.4) is 0 Å². The maximum Gasteiger partial charge on any atom is 0.317 e. The number of nitrogens with zero attached hydrogens (tertiary/aromatic N) is 1. The average molecular weight is 332 g/mol. The number of amides is 2. The molecule has 0 radical (unpaired) electrons. The number of hydrogen-bond donors (Lipinski definition) is 2. The zero-order chi connectivity index (χ0) is 16.9. The number of carbonyl (C=O) groups excluding carboxylic acids is 2. The molecule has 0 saturated carbocycles. The van der Waals surface area contributed by atoms with Gasteiger partial charge in [-0.25, -0.2) is 4.79 Å². The molecule has 2 aliphatic heterocycles. The quantitative estimate of drug-likeness (QED) is 0.827. The van der Waals surface area contributed by atoms with Crippen LogP contribution >= 0.6 is 0 Å². The van der Waals surface area contributed by atoms with E-state index in [0.717, 1.165) is 19.6 Å². The van der Waals surface area contributed by atoms with E-state index in [-0.39, 0.29) is 23.5 Å². The molecule has 3 rings (SSSR count). The zero-order valence-electron chi connectivity index (χ0n) is 13.7. The Hall–Kier alpha value is -2.08. The number of phenols is 1. The highest BCUT2D eigenvalue weighted by molar-refractivity contribution is 5.98. The van der Waals surface area contributed by atoms with Gasteiger partial charge < -0.3 is 20.1 Å². The molecule has 24 heavy (non-hydrogen) atoms. The van der Waals surface area contributed by atoms with Crippen LogP contribution in [0.1, 0.15) is 29.6 Å². The number of likely N-dealkylation sites (tertiary alicyclic amines) is 1. The van der Waals surface area contributed by atoms with E-state index < -0.39 is 0 Å². The first-order chi connectivity index (χ1) is 11.6. The lowest BCUT2D eigenvalue weighted by Crippen LogP contribution is -2.46. The van der Waals surface area contributed by atoms with Crippen LogP contribution in [0, 0.1) is 11.8 Å². The molecule has 0 unspecified atom stereocenters. The standard InChI is InChI=1S/C18H24N2O4/c21-16-3-1-14(2-4-16)17(22)15-5-8-20(9-6-15)18(23)19-11-13-7-10-24-12-13/h1-4,13,15,21H,5-12H2,(H,19,23)/t13-/m0/s1. The van der Waals surface area contributed by atoms with E-state index in [9.17, 15) is 14.7 Å². The van der Waals surface area contributed by atoms with Crippen LogP contribution in [0.5, 0.6) is 5.75 Å². The van der Waals surface area contributed by atoms with Crippen LogP contribution in [0.25, 0.3) is 0 Å². The van der Waals surface area contributed by atoms with Crippen molar-refractivity contribution in [3.63, 3.8) is 0 Å². The van der Waals surface area contributed by atoms with Crippen LogP contribution in [0.15, 0.2) is 24.3 Å². The summed E-state index contributed by atoms with van der Waals surface area (Å²) in [7, 11) is 0. The van der Waals surface area contributed by atoms with Crippen molar-refractivity contribution in [3.05, 3.63) is 29.8 Å². The number of piperidine rings is 1. The molecule has 6 nitrogen and oxygen atoms in total. The normalized spacial score (nSPS) is 21.7. The fraction of sp³-hybridized carbons (Fsp3) is 0.556. The smallest absolute Gasteiger partial charge is 0.317 e. The fourth-order valence-electron chi connectivity index (χ4n) is 3.29. The molecule has 1 aromatic rings. The van der Waals surface area contributed by atoms with Crippen LogP contribution in [-0.2, 0) is 4.74 Å². The lowest BCUT2D eigenvalue weighted by molar-refractivity contribution is 0.0854. The van der Waals surface area contributed by atoms with Crippen molar-refractivity contribution in [2.75, 3.05) is 32.8 Å². The van der Waals surface area contributed by atoms with Gasteiger partial charge in [0, 0.05) is 43.6 Å². The third kappa shape index (κ3) is 4.06. The van der Waals surface area contributed by atoms with Gasteiger partial charge in [0.25, 0.3) is 0 Å². The fourth-order valence-corrected chi connectivity index (χ4v) is 3.29. The Balaban J connectivity index is 1.45. The average Bonchev–Trinajstić information content (AvgIpc) is 3.13. The van der Waals surface area contributed by atoms with Crippen molar-refractivity contribution in [2.24, 2.45) is 11.8 Å². The second-order valence-electron chi connectivity index (χ2n) is 6.59. The number of benzene rings is 1. The van der Waals surface area contributed by atoms with E-state index in [1.54, 1.807) is 17.0 Å². The summed E-state index contributed by atoms with van der Waals surface area (Å²) in [6, 6.07) is 6.32. The van der Waals surface area contributed by atoms with Gasteiger partial charge in [-0.15, -0.1) is 0 Å². The zero-order valence-corrected chi connectivity index (χ0v) is 13.7. The molecule has 0 spiro atoms. The molecule has 2 heterocycles. The number of phenolic OH excluding ortho intramolecular Hbond substituents is 1. The van der Waals surface area contributed by atoms with E-state index in [2.05, 4.69) is 5.32 Å². The molecule has 1 aromatic carbocycles. The predicted molar refractivity (Wildman–Crippen MR) is 89.1 cm³/mol. The Morgan fingerprint density at radius 2 is 1.88 bits per heavy atom. The minimum absolute atomic E-state index is 0.0440. The third-order valence-corrected chi connectivity index (χ3v) is 4.87. The molecule has 2 N–H and O–H groups in total. The van der Waals surface area contributed by atoms with Crippen molar-refractivity contribution in [3.8, 4) is 5.75 Å². The Morgan fingerprint density at radius 1 is 1.17 bits per heavy atom. The molecule has 130 valence electrons. The number of aromatic hydroxyl groups is 1. The van der Waals surface area contributed by atoms with Gasteiger partial charge >= 0.3 is 6.03 Å². The highest BCUT2D eigenvalue weighted by Crippen LogP contribution is 2.23. The maximum absolute atomic E-state index is 12.5. The number of nitrogens with one attached hydrogen (secondary N) is 1. The maximum atomic E-state index is 12.5. The molecule has 6 heteroatoms. The molecule has 2 fully saturated rings. The summed E-state index contributed by atoms with van der Waals surface area (Å²) in [6.45, 7) is 3.36. The Labute approximate surface area is 141 Å². The number of rotatable bonds is 4. The molecule has 2 saturated heterocycles. The first kappa shape index (κ1) is 16.8. The molecule has 2 amide bonds. The Bertz CT molecular complexity index is 573. The minimum Gasteiger partial charge on any atom is -0.508 e. The van der Waals surface area contributed by atoms with Gasteiger partial charge in [-0.3, -0.25) is 4.79 Å². The van der Waals surface area contributed by atoms with E-state index in [1.165, 1.54) is 12.1 Å². The van der Waals surface area contributed by atoms with Gasteiger partial charge in [-0.1, -0.05) is 0 Å². The second-order valence-corrected chi connectivity index (χ2v) is 6.59. The molecular formula is C18H24N2O4. The van der Waals surface area contributed by atoms with Crippen LogP contribution in [0.4, 0.5) is 4.79 Å². The van der Waals surface area contributed by atoms with Crippen LogP contribution in [0.2, 0.25) is 0 Å². The van der Waals surface area contributed by atoms with Gasteiger partial charge in [0.1, 0.15) is 5.75 Å². The molecule has 2 aliphatic rings. The van der Waals surface area contributed by atoms with Gasteiger partial charge in [0.2, 0.25) is 0 Å². The second kappa shape index (κ2) is 7.66. The minimum atomic E-state index is -0.0539. The third-order valence-electron chi connectivity index (χ3n) is 4.87. The first-order valence-electron chi connectivity index (χ1n) is 8.57. The van der Waals surface area contributed by atoms with Crippen molar-refractivity contribution < 1.29 is 19.4 Å². The number of ketones is 1. The summed E-state index contributed by atoms with van der Waals surface area (Å²) in [5.41, 5.74) is 0.622. The highest BCUT2D eigenvalue weighted by atomic mass is 16.5. The van der Waals surface area contributed by atoms with E-state index >= 15 is 0 Å². The first-order valence-corrected chi connectivity index (χ1v) is 8.57. The molecule has 0 aromatic heterocycles. The molecular weight excluding hydrogens is 308 g/mol. The molecule has 1 atom stereocenters. The van der Waals surface area contributed by atoms with Gasteiger partial charge in [-0.05, 0) is 43.5 Å². The Kier molecular flexibility index (Phi) is 5.35. The van der Waals surface area contributed by atoms with Crippen LogP contribution < -0.4 is 5.32 Å². The van der Waals surface area contributed by atoms with Crippen molar-refractivity contribution in [1.82, 2.24) is 10.2 Å². The summed E-state index contributed by atoms with van der Waals surface area (Å²) in [4.78, 5) is 26.5. The van der Waals surface area contributed by atoms with Gasteiger partial charge in [-0.2, -0.15) is 0 Å². The summed E-state index contributed by atoms with van der Waals surface area (Å²) < 4.78 is 5.31. The summed E-state index contributed by atoms with van der Waals surface area (Å²) in [5.74, 6) is 0.619. The van der Waals surface area contributed by atoms with Crippen LogP contribution in [-0.4, -0.2) is 54.7 Å². The highest BCUT2D eigenvalue weighted by Gasteiger charge is 2.28. The summed E-state index contributed by atoms with van der Waals surface area (Å²) in [5, 5.41) is 12.3. The Morgan fingerprint density at radius 3 is 2.50 bits per heavy atom. The van der Waals surface area contributed by atoms with E-state index in [1.807, 2.05) is 0 Å². The molecule has 0 aliphatic carbocycles. The lowest BCUT2D eigenvalue weighted by Gasteiger charge is -2.31. The number of hydrogen-bond acceptors (Lipinski definition) is 4. The van der Waals surface area contributed by atoms with Crippen molar-refractivity contribution >= 4 is 11.8 Å². The number of urea groups is 1. The lowest BCUT2D eigenvalue weighted by atomic mass is 9.89. The SMILES string of the molecule is O=C(c1ccc(O)cc1)C1CCN(C(=O)NC[C@@H]2CCOC2)CC1. The summed E-state index contributed by atoms with van der Waals surface area (Å²) >= 11 is 0. The van der Waals surface area contributed by atoms with Crippen molar-refractivity contribution in [1.29, 1.82) is 0 Å². The van der Waals surface area contributed by atoms with E-state index in [4.69, 9.17) is 4.74 Å². The number of Topliss-reactive ketones (excluding diaryl/α,β-unsaturated/α-hetero) is 1. The largest absolute Gasteiger partial charge is 0.508 e. The topological polar surface area (TPSA) is 78.9 Å². The molecule has 0 bridgehead atoms. The van der Waals surface area contributed by atoms with Gasteiger partial charge in [0.15, 0.2) is 5.78 Å². The monoisotopic (exact) mass is 332 g/mol.